The predicted molar refractivity (Wildman–Crippen MR) is 49.3 cm³/mol. The third-order valence-corrected chi connectivity index (χ3v) is 3.97. The van der Waals surface area contributed by atoms with Gasteiger partial charge in [-0.25, -0.2) is 0 Å². The van der Waals surface area contributed by atoms with E-state index in [2.05, 4.69) is 37.2 Å². The quantitative estimate of drug-likeness (QED) is 0.416. The number of hydrogen-bond acceptors (Lipinski definition) is 0. The molecule has 0 spiro atoms. The van der Waals surface area contributed by atoms with Crippen molar-refractivity contribution in [2.45, 2.75) is 32.9 Å². The summed E-state index contributed by atoms with van der Waals surface area (Å²) in [6.07, 6.45) is 0. The lowest BCUT2D eigenvalue weighted by molar-refractivity contribution is 1.34. The summed E-state index contributed by atoms with van der Waals surface area (Å²) in [5.41, 5.74) is 3.24. The predicted octanol–water partition coefficient (Wildman–Crippen LogP) is 1.82. The van der Waals surface area contributed by atoms with Crippen LogP contribution in [0.2, 0.25) is 12.1 Å². The van der Waals surface area contributed by atoms with Gasteiger partial charge in [-0.15, -0.1) is 5.54 Å². The average molecular weight is 150 g/mol. The van der Waals surface area contributed by atoms with E-state index in [9.17, 15) is 0 Å². The normalized spacial score (nSPS) is 7.60. The summed E-state index contributed by atoms with van der Waals surface area (Å²) in [5, 5.41) is 0. The zero-order valence-electron chi connectivity index (χ0n) is 6.99. The zero-order chi connectivity index (χ0) is 7.82. The standard InChI is InChI=1S/C9H14Si/c1-4-7-8-9-10(5-2)6-3/h10H,5-6H2,1-3H3. The van der Waals surface area contributed by atoms with Gasteiger partial charge in [-0.05, 0) is 18.8 Å². The molecule has 0 amide bonds. The highest BCUT2D eigenvalue weighted by molar-refractivity contribution is 6.67. The molecule has 0 bridgehead atoms. The summed E-state index contributed by atoms with van der Waals surface area (Å²) in [6.45, 7) is 6.26. The van der Waals surface area contributed by atoms with Crippen molar-refractivity contribution in [3.05, 3.63) is 0 Å². The zero-order valence-corrected chi connectivity index (χ0v) is 8.15. The van der Waals surface area contributed by atoms with Gasteiger partial charge in [0.05, 0.1) is 0 Å². The molecule has 0 aliphatic rings. The van der Waals surface area contributed by atoms with E-state index in [0.29, 0.717) is 0 Å². The highest BCUT2D eigenvalue weighted by Gasteiger charge is 1.97. The van der Waals surface area contributed by atoms with Gasteiger partial charge in [0, 0.05) is 0 Å². The van der Waals surface area contributed by atoms with Crippen LogP contribution in [0.4, 0.5) is 0 Å². The molecule has 0 heterocycles. The second-order valence-electron chi connectivity index (χ2n) is 2.16. The molecular weight excluding hydrogens is 136 g/mol. The average Bonchev–Trinajstić information content (AvgIpc) is 1.99. The maximum Gasteiger partial charge on any atom is 0.123 e. The second kappa shape index (κ2) is 6.46. The Labute approximate surface area is 65.6 Å². The van der Waals surface area contributed by atoms with Crippen LogP contribution >= 0.6 is 0 Å². The van der Waals surface area contributed by atoms with Crippen molar-refractivity contribution >= 4 is 8.80 Å². The fourth-order valence-electron chi connectivity index (χ4n) is 0.693. The van der Waals surface area contributed by atoms with E-state index in [4.69, 9.17) is 0 Å². The van der Waals surface area contributed by atoms with Crippen LogP contribution in [0, 0.1) is 23.3 Å². The van der Waals surface area contributed by atoms with Crippen LogP contribution in [0.3, 0.4) is 0 Å². The minimum absolute atomic E-state index is 0.687. The smallest absolute Gasteiger partial charge is 0.121 e. The Balaban J connectivity index is 3.82. The molecule has 0 rings (SSSR count). The first-order valence-electron chi connectivity index (χ1n) is 3.77. The summed E-state index contributed by atoms with van der Waals surface area (Å²) in [6, 6.07) is 2.55. The van der Waals surface area contributed by atoms with Crippen LogP contribution in [0.1, 0.15) is 20.8 Å². The molecule has 0 N–H and O–H groups in total. The Hall–Kier alpha value is -0.663. The van der Waals surface area contributed by atoms with Crippen LogP contribution in [-0.2, 0) is 0 Å². The lowest BCUT2D eigenvalue weighted by Crippen LogP contribution is -2.04. The Morgan fingerprint density at radius 3 is 2.10 bits per heavy atom. The van der Waals surface area contributed by atoms with Crippen molar-refractivity contribution in [3.8, 4) is 23.3 Å². The van der Waals surface area contributed by atoms with Gasteiger partial charge in [0.15, 0.2) is 0 Å². The molecule has 0 aromatic heterocycles. The van der Waals surface area contributed by atoms with Gasteiger partial charge in [-0.3, -0.25) is 0 Å². The van der Waals surface area contributed by atoms with Gasteiger partial charge < -0.3 is 0 Å². The summed E-state index contributed by atoms with van der Waals surface area (Å²) in [5.74, 6) is 8.43. The molecule has 0 aliphatic carbocycles. The summed E-state index contributed by atoms with van der Waals surface area (Å²) in [7, 11) is -0.687. The maximum atomic E-state index is 3.24. The minimum atomic E-state index is -0.687. The molecule has 0 saturated carbocycles. The third-order valence-electron chi connectivity index (χ3n) is 1.45. The van der Waals surface area contributed by atoms with Gasteiger partial charge in [0.2, 0.25) is 0 Å². The molecular formula is C9H14Si. The summed E-state index contributed by atoms with van der Waals surface area (Å²) >= 11 is 0. The van der Waals surface area contributed by atoms with Crippen molar-refractivity contribution < 1.29 is 0 Å². The van der Waals surface area contributed by atoms with Gasteiger partial charge in [0.25, 0.3) is 0 Å². The summed E-state index contributed by atoms with van der Waals surface area (Å²) < 4.78 is 0. The molecule has 0 radical (unpaired) electrons. The highest BCUT2D eigenvalue weighted by atomic mass is 28.3. The third kappa shape index (κ3) is 4.24. The van der Waals surface area contributed by atoms with Gasteiger partial charge in [-0.2, -0.15) is 0 Å². The van der Waals surface area contributed by atoms with Crippen LogP contribution in [0.5, 0.6) is 0 Å². The largest absolute Gasteiger partial charge is 0.123 e. The Bertz CT molecular complexity index is 180. The Kier molecular flexibility index (Phi) is 6.03. The van der Waals surface area contributed by atoms with E-state index in [1.165, 1.54) is 12.1 Å². The SMILES string of the molecule is CC#CC#C[SiH](CC)CC. The van der Waals surface area contributed by atoms with Gasteiger partial charge >= 0.3 is 0 Å². The van der Waals surface area contributed by atoms with Crippen molar-refractivity contribution in [1.82, 2.24) is 0 Å². The lowest BCUT2D eigenvalue weighted by Gasteiger charge is -1.96. The molecule has 0 fully saturated rings. The molecule has 54 valence electrons. The fraction of sp³-hybridized carbons (Fsp3) is 0.556. The molecule has 0 unspecified atom stereocenters. The summed E-state index contributed by atoms with van der Waals surface area (Å²) in [4.78, 5) is 0. The highest BCUT2D eigenvalue weighted by Crippen LogP contribution is 1.94. The van der Waals surface area contributed by atoms with Crippen LogP contribution in [0.15, 0.2) is 0 Å². The molecule has 1 heteroatoms. The van der Waals surface area contributed by atoms with E-state index in [-0.39, 0.29) is 0 Å². The van der Waals surface area contributed by atoms with Gasteiger partial charge in [0.1, 0.15) is 8.80 Å². The van der Waals surface area contributed by atoms with Crippen LogP contribution in [-0.4, -0.2) is 8.80 Å². The number of hydrogen-bond donors (Lipinski definition) is 0. The van der Waals surface area contributed by atoms with E-state index in [1.54, 1.807) is 0 Å². The fourth-order valence-corrected chi connectivity index (χ4v) is 1.96. The Morgan fingerprint density at radius 2 is 1.70 bits per heavy atom. The molecule has 0 saturated heterocycles. The molecule has 0 atom stereocenters. The maximum absolute atomic E-state index is 3.24. The minimum Gasteiger partial charge on any atom is -0.121 e. The van der Waals surface area contributed by atoms with Crippen molar-refractivity contribution in [1.29, 1.82) is 0 Å². The van der Waals surface area contributed by atoms with E-state index < -0.39 is 8.80 Å². The van der Waals surface area contributed by atoms with Crippen molar-refractivity contribution in [2.75, 3.05) is 0 Å². The molecule has 0 aromatic carbocycles. The Morgan fingerprint density at radius 1 is 1.10 bits per heavy atom. The van der Waals surface area contributed by atoms with Gasteiger partial charge in [-0.1, -0.05) is 31.9 Å². The number of rotatable bonds is 2. The first-order valence-corrected chi connectivity index (χ1v) is 5.98. The second-order valence-corrected chi connectivity index (χ2v) is 5.47. The van der Waals surface area contributed by atoms with E-state index in [1.807, 2.05) is 6.92 Å². The first-order chi connectivity index (χ1) is 4.85. The molecule has 10 heavy (non-hydrogen) atoms. The molecule has 0 aliphatic heterocycles. The monoisotopic (exact) mass is 150 g/mol. The van der Waals surface area contributed by atoms with E-state index in [0.717, 1.165) is 0 Å². The van der Waals surface area contributed by atoms with Crippen LogP contribution < -0.4 is 0 Å². The first kappa shape index (κ1) is 9.34. The van der Waals surface area contributed by atoms with E-state index >= 15 is 0 Å². The topological polar surface area (TPSA) is 0 Å². The molecule has 0 nitrogen and oxygen atoms in total. The van der Waals surface area contributed by atoms with Crippen molar-refractivity contribution in [2.24, 2.45) is 0 Å². The van der Waals surface area contributed by atoms with Crippen LogP contribution in [0.25, 0.3) is 0 Å². The molecule has 0 aromatic rings. The lowest BCUT2D eigenvalue weighted by atomic mass is 10.6. The van der Waals surface area contributed by atoms with Crippen molar-refractivity contribution in [3.63, 3.8) is 0 Å².